The Morgan fingerprint density at radius 1 is 0.593 bits per heavy atom. The summed E-state index contributed by atoms with van der Waals surface area (Å²) in [6, 6.07) is 0. The van der Waals surface area contributed by atoms with Crippen LogP contribution in [-0.4, -0.2) is 70.0 Å². The van der Waals surface area contributed by atoms with Gasteiger partial charge in [0.05, 0.1) is 27.7 Å². The van der Waals surface area contributed by atoms with E-state index in [2.05, 4.69) is 86.8 Å². The first-order valence-electron chi connectivity index (χ1n) is 20.6. The van der Waals surface area contributed by atoms with Crippen molar-refractivity contribution in [3.8, 4) is 0 Å². The Balaban J connectivity index is 4.51. The predicted molar refractivity (Wildman–Crippen MR) is 222 cm³/mol. The highest BCUT2D eigenvalue weighted by molar-refractivity contribution is 7.45. The van der Waals surface area contributed by atoms with E-state index in [1.807, 2.05) is 21.1 Å². The van der Waals surface area contributed by atoms with Gasteiger partial charge in [0.1, 0.15) is 19.8 Å². The number of nitrogens with zero attached hydrogens (tertiary/aromatic N) is 1. The van der Waals surface area contributed by atoms with Crippen molar-refractivity contribution in [1.82, 2.24) is 0 Å². The summed E-state index contributed by atoms with van der Waals surface area (Å²) in [6.07, 6.45) is 43.6. The first-order chi connectivity index (χ1) is 26.0. The maximum atomic E-state index is 12.6. The molecule has 0 N–H and O–H groups in total. The number of phosphoric acid groups is 1. The lowest BCUT2D eigenvalue weighted by molar-refractivity contribution is -0.870. The van der Waals surface area contributed by atoms with Crippen molar-refractivity contribution >= 4 is 19.8 Å². The quantitative estimate of drug-likeness (QED) is 0.0203. The molecule has 0 saturated heterocycles. The first-order valence-corrected chi connectivity index (χ1v) is 22.1. The lowest BCUT2D eigenvalue weighted by Crippen LogP contribution is -2.37. The molecule has 0 aromatic carbocycles. The third-order valence-corrected chi connectivity index (χ3v) is 9.17. The number of carbonyl (C=O) groups excluding carboxylic acids is 2. The third kappa shape index (κ3) is 39.2. The maximum Gasteiger partial charge on any atom is 0.306 e. The molecule has 0 aliphatic rings. The van der Waals surface area contributed by atoms with Crippen LogP contribution in [-0.2, 0) is 32.7 Å². The third-order valence-electron chi connectivity index (χ3n) is 8.21. The van der Waals surface area contributed by atoms with E-state index < -0.39 is 32.5 Å². The van der Waals surface area contributed by atoms with E-state index in [0.29, 0.717) is 23.9 Å². The summed E-state index contributed by atoms with van der Waals surface area (Å²) in [5.41, 5.74) is 0. The number of likely N-dealkylation sites (N-methyl/N-ethyl adjacent to an activating group) is 1. The van der Waals surface area contributed by atoms with Crippen LogP contribution in [0.2, 0.25) is 0 Å². The van der Waals surface area contributed by atoms with Crippen LogP contribution in [0.25, 0.3) is 0 Å². The molecule has 0 aromatic rings. The summed E-state index contributed by atoms with van der Waals surface area (Å²) in [5, 5.41) is 0. The summed E-state index contributed by atoms with van der Waals surface area (Å²) in [7, 11) is 1.12. The van der Waals surface area contributed by atoms with Gasteiger partial charge in [-0.05, 0) is 83.5 Å². The molecule has 0 rings (SSSR count). The summed E-state index contributed by atoms with van der Waals surface area (Å²) in [5.74, 6) is -0.908. The summed E-state index contributed by atoms with van der Waals surface area (Å²) < 4.78 is 33.8. The molecule has 0 aliphatic carbocycles. The predicted octanol–water partition coefficient (Wildman–Crippen LogP) is 10.8. The van der Waals surface area contributed by atoms with Crippen molar-refractivity contribution < 1.29 is 42.1 Å². The van der Waals surface area contributed by atoms with Gasteiger partial charge in [0.2, 0.25) is 0 Å². The monoisotopic (exact) mass is 778 g/mol. The molecule has 0 fully saturated rings. The Hall–Kier alpha value is -2.55. The molecule has 2 atom stereocenters. The molecule has 10 heteroatoms. The van der Waals surface area contributed by atoms with Gasteiger partial charge in [0.15, 0.2) is 6.10 Å². The first kappa shape index (κ1) is 51.5. The topological polar surface area (TPSA) is 111 Å². The van der Waals surface area contributed by atoms with Gasteiger partial charge in [0.25, 0.3) is 7.82 Å². The molecule has 0 heterocycles. The van der Waals surface area contributed by atoms with Gasteiger partial charge >= 0.3 is 11.9 Å². The van der Waals surface area contributed by atoms with Crippen LogP contribution in [0.1, 0.15) is 142 Å². The highest BCUT2D eigenvalue weighted by Gasteiger charge is 2.21. The minimum atomic E-state index is -4.64. The molecule has 310 valence electrons. The van der Waals surface area contributed by atoms with E-state index in [4.69, 9.17) is 18.5 Å². The second kappa shape index (κ2) is 36.1. The minimum absolute atomic E-state index is 0.0449. The summed E-state index contributed by atoms with van der Waals surface area (Å²) >= 11 is 0. The van der Waals surface area contributed by atoms with Crippen molar-refractivity contribution in [2.75, 3.05) is 47.5 Å². The van der Waals surface area contributed by atoms with Crippen LogP contribution in [0.15, 0.2) is 72.9 Å². The Bertz CT molecular complexity index is 1150. The molecular weight excluding hydrogens is 701 g/mol. The zero-order valence-electron chi connectivity index (χ0n) is 34.6. The molecule has 54 heavy (non-hydrogen) atoms. The van der Waals surface area contributed by atoms with Gasteiger partial charge in [0, 0.05) is 12.8 Å². The lowest BCUT2D eigenvalue weighted by Gasteiger charge is -2.28. The molecule has 0 bridgehead atoms. The van der Waals surface area contributed by atoms with Crippen LogP contribution >= 0.6 is 7.82 Å². The maximum absolute atomic E-state index is 12.6. The minimum Gasteiger partial charge on any atom is -0.756 e. The Morgan fingerprint density at radius 2 is 1.06 bits per heavy atom. The van der Waals surface area contributed by atoms with Gasteiger partial charge < -0.3 is 27.9 Å². The largest absolute Gasteiger partial charge is 0.756 e. The van der Waals surface area contributed by atoms with Crippen molar-refractivity contribution in [3.05, 3.63) is 72.9 Å². The fourth-order valence-electron chi connectivity index (χ4n) is 4.97. The average molecular weight is 778 g/mol. The van der Waals surface area contributed by atoms with Gasteiger partial charge in [-0.25, -0.2) is 0 Å². The van der Waals surface area contributed by atoms with Crippen LogP contribution in [0.4, 0.5) is 0 Å². The smallest absolute Gasteiger partial charge is 0.306 e. The molecule has 1 unspecified atom stereocenters. The van der Waals surface area contributed by atoms with Crippen molar-refractivity contribution in [3.63, 3.8) is 0 Å². The molecule has 0 radical (unpaired) electrons. The normalized spacial score (nSPS) is 14.4. The molecular formula is C44H76NO8P. The standard InChI is InChI=1S/C44H76NO8P/c1-6-8-10-12-14-16-18-20-22-24-26-28-30-32-34-36-43(46)50-40-42(41-52-54(48,49)51-39-38-45(3,4)5)53-44(47)37-35-33-31-29-27-25-23-21-19-17-15-13-11-9-7-2/h8,10,14-17,20-23,27,29,42H,6-7,9,11-13,18-19,24-26,28,30-41H2,1-5H3/b10-8-,16-14-,17-15-,22-20-,23-21-,29-27-/t42-/m1/s1. The number of ether oxygens (including phenoxy) is 2. The van der Waals surface area contributed by atoms with Crippen LogP contribution in [0.5, 0.6) is 0 Å². The number of rotatable bonds is 36. The van der Waals surface area contributed by atoms with Gasteiger partial charge in [-0.15, -0.1) is 0 Å². The number of esters is 2. The van der Waals surface area contributed by atoms with Crippen molar-refractivity contribution in [2.24, 2.45) is 0 Å². The zero-order chi connectivity index (χ0) is 40.0. The van der Waals surface area contributed by atoms with Crippen LogP contribution in [0.3, 0.4) is 0 Å². The van der Waals surface area contributed by atoms with E-state index in [1.165, 1.54) is 19.3 Å². The summed E-state index contributed by atoms with van der Waals surface area (Å²) in [4.78, 5) is 37.4. The molecule has 9 nitrogen and oxygen atoms in total. The van der Waals surface area contributed by atoms with E-state index >= 15 is 0 Å². The number of carbonyl (C=O) groups is 2. The van der Waals surface area contributed by atoms with E-state index in [1.54, 1.807) is 0 Å². The van der Waals surface area contributed by atoms with Gasteiger partial charge in [-0.1, -0.05) is 119 Å². The number of phosphoric ester groups is 1. The van der Waals surface area contributed by atoms with Crippen molar-refractivity contribution in [2.45, 2.75) is 148 Å². The lowest BCUT2D eigenvalue weighted by atomic mass is 10.1. The molecule has 0 amide bonds. The number of unbranched alkanes of at least 4 members (excludes halogenated alkanes) is 10. The fraction of sp³-hybridized carbons (Fsp3) is 0.682. The van der Waals surface area contributed by atoms with E-state index in [0.717, 1.165) is 83.5 Å². The fourth-order valence-corrected chi connectivity index (χ4v) is 5.70. The number of quaternary nitrogens is 1. The molecule has 0 aromatic heterocycles. The SMILES string of the molecule is CC/C=C\C/C=C\C/C=C\CCCCCCCC(=O)OC[C@H](COP(=O)([O-])OCC[N+](C)(C)C)OC(=O)CCCC/C=C\C/C=C\C/C=C\CCCCC. The highest BCUT2D eigenvalue weighted by Crippen LogP contribution is 2.38. The molecule has 0 saturated carbocycles. The Kier molecular flexibility index (Phi) is 34.4. The van der Waals surface area contributed by atoms with Crippen LogP contribution < -0.4 is 4.89 Å². The van der Waals surface area contributed by atoms with Gasteiger partial charge in [-0.3, -0.25) is 14.2 Å². The number of allylic oxidation sites excluding steroid dienone is 12. The van der Waals surface area contributed by atoms with E-state index in [-0.39, 0.29) is 26.1 Å². The molecule has 0 aliphatic heterocycles. The zero-order valence-corrected chi connectivity index (χ0v) is 35.5. The number of hydrogen-bond donors (Lipinski definition) is 0. The second-order valence-corrected chi connectivity index (χ2v) is 16.0. The van der Waals surface area contributed by atoms with Crippen molar-refractivity contribution in [1.29, 1.82) is 0 Å². The molecule has 0 spiro atoms. The summed E-state index contributed by atoms with van der Waals surface area (Å²) in [6.45, 7) is 3.99. The second-order valence-electron chi connectivity index (χ2n) is 14.6. The van der Waals surface area contributed by atoms with Gasteiger partial charge in [-0.2, -0.15) is 0 Å². The Labute approximate surface area is 329 Å². The average Bonchev–Trinajstić information content (AvgIpc) is 3.12. The highest BCUT2D eigenvalue weighted by atomic mass is 31.2. The number of hydrogen-bond acceptors (Lipinski definition) is 8. The van der Waals surface area contributed by atoms with Crippen LogP contribution in [0, 0.1) is 0 Å². The Morgan fingerprint density at radius 3 is 1.61 bits per heavy atom. The van der Waals surface area contributed by atoms with E-state index in [9.17, 15) is 19.0 Å².